The lowest BCUT2D eigenvalue weighted by molar-refractivity contribution is -0.750. The highest BCUT2D eigenvalue weighted by molar-refractivity contribution is 7.98. The van der Waals surface area contributed by atoms with Crippen molar-refractivity contribution in [3.05, 3.63) is 83.2 Å². The highest BCUT2D eigenvalue weighted by atomic mass is 32.2. The summed E-state index contributed by atoms with van der Waals surface area (Å²) in [5.74, 6) is 7.87. The number of aliphatic imine (C=N–C) groups is 2. The highest BCUT2D eigenvalue weighted by Crippen LogP contribution is 2.35. The van der Waals surface area contributed by atoms with Crippen LogP contribution in [0.2, 0.25) is 0 Å². The number of amides is 2. The van der Waals surface area contributed by atoms with E-state index in [0.717, 1.165) is 36.9 Å². The monoisotopic (exact) mass is 599 g/mol. The minimum absolute atomic E-state index is 0.0291. The van der Waals surface area contributed by atoms with Gasteiger partial charge in [0.1, 0.15) is 12.0 Å². The normalized spacial score (nSPS) is 21.7. The Morgan fingerprint density at radius 3 is 2.74 bits per heavy atom. The van der Waals surface area contributed by atoms with Crippen LogP contribution in [0.5, 0.6) is 0 Å². The second-order valence-electron chi connectivity index (χ2n) is 10.0. The van der Waals surface area contributed by atoms with Gasteiger partial charge >= 0.3 is 6.18 Å². The van der Waals surface area contributed by atoms with Crippen molar-refractivity contribution in [1.82, 2.24) is 15.2 Å². The predicted octanol–water partition coefficient (Wildman–Crippen LogP) is 3.72. The molecule has 1 aromatic carbocycles. The van der Waals surface area contributed by atoms with Crippen molar-refractivity contribution < 1.29 is 27.4 Å². The number of amidine groups is 1. The smallest absolute Gasteiger partial charge is 0.355 e. The molecule has 2 amide bonds. The molecule has 42 heavy (non-hydrogen) atoms. The minimum atomic E-state index is -4.55. The second-order valence-corrected chi connectivity index (χ2v) is 11.0. The Hall–Kier alpha value is -4.01. The van der Waals surface area contributed by atoms with Crippen LogP contribution in [0.15, 0.2) is 76.5 Å². The number of quaternary nitrogens is 1. The van der Waals surface area contributed by atoms with E-state index in [2.05, 4.69) is 25.5 Å². The second kappa shape index (κ2) is 12.1. The van der Waals surface area contributed by atoms with E-state index >= 15 is 0 Å². The first kappa shape index (κ1) is 29.5. The predicted molar refractivity (Wildman–Crippen MR) is 155 cm³/mol. The van der Waals surface area contributed by atoms with Gasteiger partial charge in [-0.2, -0.15) is 35.8 Å². The standard InChI is InChI=1S/C28H29F3N8O2S/c1-42-14-11-35-26(40)20-3-2-12-38(17-20)24-22-16-33-10-13-39(22,32)25(37-24)18-4-6-19(7-5-18)27(41)36-23-15-21(8-9-34-23)28(29,30)31/h4-10,13,15-16,20H,2-3,11-12,14,17,32H2,1H3,(H-,34,35,36,40,41)/p+1. The van der Waals surface area contributed by atoms with Crippen molar-refractivity contribution in [3.8, 4) is 0 Å². The van der Waals surface area contributed by atoms with Crippen LogP contribution >= 0.6 is 11.8 Å². The summed E-state index contributed by atoms with van der Waals surface area (Å²) in [6.07, 6.45) is 5.00. The Kier molecular flexibility index (Phi) is 8.48. The van der Waals surface area contributed by atoms with Gasteiger partial charge in [-0.05, 0) is 55.5 Å². The first-order chi connectivity index (χ1) is 20.1. The molecule has 1 aromatic heterocycles. The van der Waals surface area contributed by atoms with E-state index in [9.17, 15) is 22.8 Å². The number of likely N-dealkylation sites (tertiary alicyclic amines) is 1. The van der Waals surface area contributed by atoms with Crippen molar-refractivity contribution in [1.29, 1.82) is 0 Å². The molecule has 3 aliphatic heterocycles. The van der Waals surface area contributed by atoms with Crippen molar-refractivity contribution in [2.24, 2.45) is 21.7 Å². The lowest BCUT2D eigenvalue weighted by Crippen LogP contribution is -2.53. The van der Waals surface area contributed by atoms with E-state index in [0.29, 0.717) is 42.6 Å². The lowest BCUT2D eigenvalue weighted by Gasteiger charge is -2.33. The van der Waals surface area contributed by atoms with E-state index < -0.39 is 17.6 Å². The number of thioether (sulfide) groups is 1. The molecule has 0 saturated carbocycles. The van der Waals surface area contributed by atoms with Gasteiger partial charge in [0.05, 0.1) is 29.5 Å². The zero-order valence-electron chi connectivity index (χ0n) is 22.8. The lowest BCUT2D eigenvalue weighted by atomic mass is 9.97. The van der Waals surface area contributed by atoms with Gasteiger partial charge in [-0.15, -0.1) is 4.59 Å². The largest absolute Gasteiger partial charge is 0.416 e. The summed E-state index contributed by atoms with van der Waals surface area (Å²) in [5.41, 5.74) is 0.610. The number of pyridine rings is 1. The van der Waals surface area contributed by atoms with Crippen LogP contribution in [0, 0.1) is 5.92 Å². The van der Waals surface area contributed by atoms with E-state index in [1.165, 1.54) is 0 Å². The Morgan fingerprint density at radius 1 is 1.21 bits per heavy atom. The zero-order valence-corrected chi connectivity index (χ0v) is 23.6. The minimum Gasteiger partial charge on any atom is -0.355 e. The summed E-state index contributed by atoms with van der Waals surface area (Å²) in [6.45, 7) is 1.84. The van der Waals surface area contributed by atoms with E-state index in [-0.39, 0.29) is 27.8 Å². The average Bonchev–Trinajstić information content (AvgIpc) is 3.30. The van der Waals surface area contributed by atoms with E-state index in [1.54, 1.807) is 54.6 Å². The van der Waals surface area contributed by atoms with Gasteiger partial charge in [-0.3, -0.25) is 14.6 Å². The van der Waals surface area contributed by atoms with Crippen LogP contribution in [0.25, 0.3) is 0 Å². The molecular weight excluding hydrogens is 569 g/mol. The van der Waals surface area contributed by atoms with Crippen LogP contribution in [0.4, 0.5) is 19.0 Å². The number of fused-ring (bicyclic) bond motifs is 1. The SMILES string of the molecule is CSCCNC(=O)C1CCCN(C2=C3C=NC=C[N+]3(N)C(c3ccc(C(=O)Nc4cc(C(F)(F)F)ccn4)cc3)=N2)C1. The number of nitrogens with one attached hydrogen (secondary N) is 2. The van der Waals surface area contributed by atoms with Crippen molar-refractivity contribution in [2.75, 3.05) is 37.0 Å². The number of aromatic nitrogens is 1. The fourth-order valence-electron chi connectivity index (χ4n) is 5.03. The number of carbonyl (C=O) groups excluding carboxylic acids is 2. The zero-order chi connectivity index (χ0) is 29.9. The molecule has 0 spiro atoms. The molecular formula is C28H30F3N8O2S+. The summed E-state index contributed by atoms with van der Waals surface area (Å²) >= 11 is 1.68. The first-order valence-electron chi connectivity index (χ1n) is 13.3. The molecule has 14 heteroatoms. The highest BCUT2D eigenvalue weighted by Gasteiger charge is 2.46. The molecule has 0 bridgehead atoms. The number of halogens is 3. The van der Waals surface area contributed by atoms with Crippen LogP contribution in [0.1, 0.15) is 34.3 Å². The number of allylic oxidation sites excluding steroid dienone is 1. The fourth-order valence-corrected chi connectivity index (χ4v) is 5.34. The fraction of sp³-hybridized carbons (Fsp3) is 0.321. The number of nitrogens with zero attached hydrogens (tertiary/aromatic N) is 5. The molecule has 1 fully saturated rings. The Morgan fingerprint density at radius 2 is 2.00 bits per heavy atom. The molecule has 3 aliphatic rings. The van der Waals surface area contributed by atoms with Crippen molar-refractivity contribution >= 4 is 41.4 Å². The number of carbonyl (C=O) groups is 2. The molecule has 2 aromatic rings. The third-order valence-corrected chi connectivity index (χ3v) is 7.82. The van der Waals surface area contributed by atoms with Crippen LogP contribution in [-0.2, 0) is 11.0 Å². The van der Waals surface area contributed by atoms with Gasteiger partial charge in [-0.1, -0.05) is 0 Å². The molecule has 10 nitrogen and oxygen atoms in total. The van der Waals surface area contributed by atoms with Gasteiger partial charge in [0.25, 0.3) is 11.7 Å². The van der Waals surface area contributed by atoms with Crippen molar-refractivity contribution in [2.45, 2.75) is 19.0 Å². The van der Waals surface area contributed by atoms with Gasteiger partial charge in [0.15, 0.2) is 0 Å². The van der Waals surface area contributed by atoms with Gasteiger partial charge in [0.2, 0.25) is 17.4 Å². The summed E-state index contributed by atoms with van der Waals surface area (Å²) in [5, 5.41) is 5.42. The maximum Gasteiger partial charge on any atom is 0.416 e. The van der Waals surface area contributed by atoms with Crippen LogP contribution in [0.3, 0.4) is 0 Å². The Bertz CT molecular complexity index is 1490. The van der Waals surface area contributed by atoms with Gasteiger partial charge in [-0.25, -0.2) is 4.98 Å². The maximum atomic E-state index is 13.0. The number of hydrogen-bond donors (Lipinski definition) is 3. The topological polar surface area (TPSA) is 125 Å². The Labute approximate surface area is 244 Å². The third-order valence-electron chi connectivity index (χ3n) is 7.21. The van der Waals surface area contributed by atoms with Crippen molar-refractivity contribution in [3.63, 3.8) is 0 Å². The third kappa shape index (κ3) is 6.10. The molecule has 5 rings (SSSR count). The average molecular weight is 600 g/mol. The number of benzene rings is 1. The molecule has 4 heterocycles. The molecule has 2 unspecified atom stereocenters. The number of hydrogen-bond acceptors (Lipinski definition) is 8. The summed E-state index contributed by atoms with van der Waals surface area (Å²) in [4.78, 5) is 40.6. The first-order valence-corrected chi connectivity index (χ1v) is 14.7. The maximum absolute atomic E-state index is 13.0. The van der Waals surface area contributed by atoms with Gasteiger partial charge < -0.3 is 15.5 Å². The number of alkyl halides is 3. The van der Waals surface area contributed by atoms with Gasteiger partial charge in [0, 0.05) is 37.1 Å². The molecule has 0 aliphatic carbocycles. The molecule has 0 radical (unpaired) electrons. The summed E-state index contributed by atoms with van der Waals surface area (Å²) in [7, 11) is 0. The van der Waals surface area contributed by atoms with Crippen LogP contribution < -0.4 is 16.5 Å². The number of nitrogens with two attached hydrogens (primary N) is 1. The quantitative estimate of drug-likeness (QED) is 0.241. The van der Waals surface area contributed by atoms with E-state index in [4.69, 9.17) is 10.8 Å². The molecule has 2 atom stereocenters. The van der Waals surface area contributed by atoms with Crippen LogP contribution in [-0.4, -0.2) is 70.0 Å². The summed E-state index contributed by atoms with van der Waals surface area (Å²) in [6, 6.07) is 8.06. The summed E-state index contributed by atoms with van der Waals surface area (Å²) < 4.78 is 38.8. The number of anilines is 1. The Balaban J connectivity index is 1.34. The number of piperidine rings is 1. The molecule has 220 valence electrons. The molecule has 4 N–H and O–H groups in total. The molecule has 1 saturated heterocycles. The number of rotatable bonds is 8. The van der Waals surface area contributed by atoms with E-state index in [1.807, 2.05) is 6.26 Å².